The fourth-order valence-electron chi connectivity index (χ4n) is 1.51. The number of benzene rings is 1. The molecule has 0 heterocycles. The third-order valence-electron chi connectivity index (χ3n) is 2.31. The monoisotopic (exact) mass is 309 g/mol. The van der Waals surface area contributed by atoms with Gasteiger partial charge in [0.2, 0.25) is 0 Å². The topological polar surface area (TPSA) is 124 Å². The highest BCUT2D eigenvalue weighted by Gasteiger charge is 2.32. The second kappa shape index (κ2) is 5.11. The third kappa shape index (κ3) is 2.83. The zero-order valence-corrected chi connectivity index (χ0v) is 11.3. The third-order valence-corrected chi connectivity index (χ3v) is 3.48. The van der Waals surface area contributed by atoms with Crippen molar-refractivity contribution in [2.24, 2.45) is 0 Å². The van der Waals surface area contributed by atoms with Crippen molar-refractivity contribution in [1.82, 2.24) is 0 Å². The molecular weight excluding hydrogens is 302 g/mol. The second-order valence-electron chi connectivity index (χ2n) is 3.43. The smallest absolute Gasteiger partial charge is 0.339 e. The molecule has 1 aromatic rings. The zero-order chi connectivity index (χ0) is 15.0. The Morgan fingerprint density at radius 2 is 2.05 bits per heavy atom. The Bertz CT molecular complexity index is 668. The number of ether oxygens (including phenoxy) is 1. The molecule has 0 amide bonds. The van der Waals surface area contributed by atoms with Gasteiger partial charge in [0.25, 0.3) is 5.69 Å². The van der Waals surface area contributed by atoms with Gasteiger partial charge in [-0.3, -0.25) is 14.7 Å². The maximum Gasteiger partial charge on any atom is 0.339 e. The number of nitro benzene ring substituents is 1. The van der Waals surface area contributed by atoms with Crippen LogP contribution in [0.4, 0.5) is 5.69 Å². The van der Waals surface area contributed by atoms with E-state index in [2.05, 4.69) is 4.74 Å². The van der Waals surface area contributed by atoms with Crippen LogP contribution in [0, 0.1) is 17.0 Å². The molecule has 104 valence electrons. The first-order chi connectivity index (χ1) is 8.61. The lowest BCUT2D eigenvalue weighted by Gasteiger charge is -2.09. The van der Waals surface area contributed by atoms with Crippen molar-refractivity contribution < 1.29 is 27.4 Å². The van der Waals surface area contributed by atoms with E-state index in [1.807, 2.05) is 0 Å². The van der Waals surface area contributed by atoms with Crippen molar-refractivity contribution in [3.8, 4) is 0 Å². The molecule has 0 fully saturated rings. The van der Waals surface area contributed by atoms with Gasteiger partial charge < -0.3 is 4.74 Å². The van der Waals surface area contributed by atoms with Gasteiger partial charge in [-0.25, -0.2) is 4.79 Å². The standard InChI is InChI=1S/C9H8ClNO7S/c1-4-7(9(12)18-2)5(10)3-6(19(15,16)17)8(4)11(13)14/h3H,1-2H3,(H,15,16,17). The molecular formula is C9H8ClNO7S. The van der Waals surface area contributed by atoms with E-state index in [1.54, 1.807) is 0 Å². The summed E-state index contributed by atoms with van der Waals surface area (Å²) in [6.45, 7) is 1.13. The summed E-state index contributed by atoms with van der Waals surface area (Å²) in [6, 6.07) is 0.633. The quantitative estimate of drug-likeness (QED) is 0.389. The molecule has 0 saturated carbocycles. The zero-order valence-electron chi connectivity index (χ0n) is 9.71. The second-order valence-corrected chi connectivity index (χ2v) is 5.23. The number of hydrogen-bond acceptors (Lipinski definition) is 6. The number of halogens is 1. The fourth-order valence-corrected chi connectivity index (χ4v) is 2.65. The summed E-state index contributed by atoms with van der Waals surface area (Å²) in [5.74, 6) is -0.951. The maximum atomic E-state index is 11.4. The Hall–Kier alpha value is -1.71. The molecule has 0 aliphatic carbocycles. The highest BCUT2D eigenvalue weighted by atomic mass is 35.5. The van der Waals surface area contributed by atoms with Gasteiger partial charge in [-0.2, -0.15) is 8.42 Å². The Labute approximate surface area is 112 Å². The van der Waals surface area contributed by atoms with Crippen molar-refractivity contribution in [2.75, 3.05) is 7.11 Å². The van der Waals surface area contributed by atoms with Crippen molar-refractivity contribution in [1.29, 1.82) is 0 Å². The van der Waals surface area contributed by atoms with Crippen molar-refractivity contribution in [3.63, 3.8) is 0 Å². The Balaban J connectivity index is 3.85. The molecule has 1 rings (SSSR count). The molecule has 1 N–H and O–H groups in total. The average molecular weight is 310 g/mol. The van der Waals surface area contributed by atoms with E-state index in [0.717, 1.165) is 14.0 Å². The van der Waals surface area contributed by atoms with Crippen LogP contribution in [-0.4, -0.2) is 31.0 Å². The first-order valence-corrected chi connectivity index (χ1v) is 6.46. The lowest BCUT2D eigenvalue weighted by molar-refractivity contribution is -0.388. The largest absolute Gasteiger partial charge is 0.465 e. The number of nitro groups is 1. The molecule has 0 aromatic heterocycles. The predicted octanol–water partition coefficient (Wildman–Crippen LogP) is 1.59. The van der Waals surface area contributed by atoms with Crippen LogP contribution in [0.1, 0.15) is 15.9 Å². The van der Waals surface area contributed by atoms with Crippen LogP contribution in [0.3, 0.4) is 0 Å². The Morgan fingerprint density at radius 1 is 1.53 bits per heavy atom. The van der Waals surface area contributed by atoms with Gasteiger partial charge in [-0.15, -0.1) is 0 Å². The predicted molar refractivity (Wildman–Crippen MR) is 64.0 cm³/mol. The Kier molecular flexibility index (Phi) is 4.13. The minimum Gasteiger partial charge on any atom is -0.465 e. The van der Waals surface area contributed by atoms with Gasteiger partial charge in [0, 0.05) is 5.56 Å². The summed E-state index contributed by atoms with van der Waals surface area (Å²) in [6.07, 6.45) is 0. The first kappa shape index (κ1) is 15.3. The van der Waals surface area contributed by atoms with E-state index in [9.17, 15) is 23.3 Å². The molecule has 0 atom stereocenters. The lowest BCUT2D eigenvalue weighted by atomic mass is 10.1. The number of hydrogen-bond donors (Lipinski definition) is 1. The minimum atomic E-state index is -4.85. The van der Waals surface area contributed by atoms with Crippen LogP contribution in [0.5, 0.6) is 0 Å². The van der Waals surface area contributed by atoms with Crippen LogP contribution >= 0.6 is 11.6 Å². The van der Waals surface area contributed by atoms with Crippen LogP contribution in [0.15, 0.2) is 11.0 Å². The average Bonchev–Trinajstić information content (AvgIpc) is 2.25. The molecule has 0 spiro atoms. The fraction of sp³-hybridized carbons (Fsp3) is 0.222. The summed E-state index contributed by atoms with van der Waals surface area (Å²) in [5.41, 5.74) is -1.56. The molecule has 0 aliphatic rings. The van der Waals surface area contributed by atoms with Crippen LogP contribution in [0.2, 0.25) is 5.02 Å². The molecule has 0 saturated heterocycles. The van der Waals surface area contributed by atoms with Crippen molar-refractivity contribution in [3.05, 3.63) is 32.3 Å². The van der Waals surface area contributed by atoms with Gasteiger partial charge >= 0.3 is 16.1 Å². The highest BCUT2D eigenvalue weighted by Crippen LogP contribution is 2.35. The van der Waals surface area contributed by atoms with E-state index in [4.69, 9.17) is 16.2 Å². The molecule has 8 nitrogen and oxygen atoms in total. The molecule has 0 bridgehead atoms. The van der Waals surface area contributed by atoms with E-state index in [0.29, 0.717) is 6.07 Å². The van der Waals surface area contributed by atoms with E-state index in [-0.39, 0.29) is 16.1 Å². The van der Waals surface area contributed by atoms with E-state index >= 15 is 0 Å². The SMILES string of the molecule is COC(=O)c1c(Cl)cc(S(=O)(=O)O)c([N+](=O)[O-])c1C. The summed E-state index contributed by atoms with van der Waals surface area (Å²) in [7, 11) is -3.81. The van der Waals surface area contributed by atoms with E-state index < -0.39 is 31.6 Å². The number of rotatable bonds is 3. The summed E-state index contributed by atoms with van der Waals surface area (Å²) in [5, 5.41) is 10.5. The highest BCUT2D eigenvalue weighted by molar-refractivity contribution is 7.86. The van der Waals surface area contributed by atoms with Gasteiger partial charge in [0.1, 0.15) is 0 Å². The summed E-state index contributed by atoms with van der Waals surface area (Å²) in [4.78, 5) is 20.3. The van der Waals surface area contributed by atoms with Gasteiger partial charge in [0.05, 0.1) is 22.6 Å². The Morgan fingerprint density at radius 3 is 2.42 bits per heavy atom. The summed E-state index contributed by atoms with van der Waals surface area (Å²) >= 11 is 5.69. The molecule has 1 aromatic carbocycles. The number of methoxy groups -OCH3 is 1. The van der Waals surface area contributed by atoms with E-state index in [1.165, 1.54) is 0 Å². The van der Waals surface area contributed by atoms with Gasteiger partial charge in [0.15, 0.2) is 4.90 Å². The summed E-state index contributed by atoms with van der Waals surface area (Å²) < 4.78 is 35.5. The number of esters is 1. The lowest BCUT2D eigenvalue weighted by Crippen LogP contribution is -2.11. The molecule has 19 heavy (non-hydrogen) atoms. The number of carbonyl (C=O) groups is 1. The van der Waals surface area contributed by atoms with Crippen LogP contribution in [0.25, 0.3) is 0 Å². The van der Waals surface area contributed by atoms with Crippen LogP contribution < -0.4 is 0 Å². The van der Waals surface area contributed by atoms with Gasteiger partial charge in [-0.1, -0.05) is 11.6 Å². The van der Waals surface area contributed by atoms with Crippen molar-refractivity contribution in [2.45, 2.75) is 11.8 Å². The van der Waals surface area contributed by atoms with Crippen LogP contribution in [-0.2, 0) is 14.9 Å². The number of nitrogens with zero attached hydrogens (tertiary/aromatic N) is 1. The first-order valence-electron chi connectivity index (χ1n) is 4.64. The minimum absolute atomic E-state index is 0.308. The number of carbonyl (C=O) groups excluding carboxylic acids is 1. The molecule has 0 aliphatic heterocycles. The van der Waals surface area contributed by atoms with Crippen molar-refractivity contribution >= 4 is 33.4 Å². The molecule has 0 radical (unpaired) electrons. The maximum absolute atomic E-state index is 11.4. The normalized spacial score (nSPS) is 11.2. The molecule has 0 unspecified atom stereocenters. The molecule has 10 heteroatoms. The van der Waals surface area contributed by atoms with Gasteiger partial charge in [-0.05, 0) is 13.0 Å².